The number of fused-ring (bicyclic) bond motifs is 1. The van der Waals surface area contributed by atoms with Crippen LogP contribution < -0.4 is 15.4 Å². The van der Waals surface area contributed by atoms with E-state index in [1.165, 1.54) is 7.11 Å². The van der Waals surface area contributed by atoms with Crippen LogP contribution in [0.2, 0.25) is 0 Å². The maximum atomic E-state index is 12.5. The number of carbonyl (C=O) groups is 1. The number of nitrogens with two attached hydrogens (primary N) is 1. The molecule has 3 heterocycles. The molecule has 1 atom stereocenters. The molecule has 0 fully saturated rings. The number of hydrogen-bond donors (Lipinski definition) is 1. The van der Waals surface area contributed by atoms with Gasteiger partial charge in [0, 0.05) is 12.7 Å². The van der Waals surface area contributed by atoms with Gasteiger partial charge in [-0.3, -0.25) is 14.4 Å². The number of anilines is 2. The molecule has 20 heavy (non-hydrogen) atoms. The summed E-state index contributed by atoms with van der Waals surface area (Å²) < 4.78 is 6.83. The SMILES string of the molecule is COc1nc(N2C[C@H](C)n3nccc3C2=O)ccc1N. The maximum Gasteiger partial charge on any atom is 0.277 e. The second-order valence-corrected chi connectivity index (χ2v) is 4.69. The first-order valence-corrected chi connectivity index (χ1v) is 6.27. The number of ether oxygens (including phenoxy) is 1. The third-order valence-corrected chi connectivity index (χ3v) is 3.34. The van der Waals surface area contributed by atoms with Gasteiger partial charge in [0.05, 0.1) is 18.8 Å². The van der Waals surface area contributed by atoms with Crippen LogP contribution in [0.15, 0.2) is 24.4 Å². The fourth-order valence-corrected chi connectivity index (χ4v) is 2.35. The number of carbonyl (C=O) groups excluding carboxylic acids is 1. The van der Waals surface area contributed by atoms with Crippen molar-refractivity contribution >= 4 is 17.4 Å². The molecule has 0 unspecified atom stereocenters. The first-order valence-electron chi connectivity index (χ1n) is 6.27. The van der Waals surface area contributed by atoms with Crippen LogP contribution in [0.1, 0.15) is 23.5 Å². The van der Waals surface area contributed by atoms with Crippen molar-refractivity contribution in [2.45, 2.75) is 13.0 Å². The highest BCUT2D eigenvalue weighted by Gasteiger charge is 2.31. The smallest absolute Gasteiger partial charge is 0.277 e. The molecule has 7 nitrogen and oxygen atoms in total. The van der Waals surface area contributed by atoms with Crippen LogP contribution >= 0.6 is 0 Å². The lowest BCUT2D eigenvalue weighted by Crippen LogP contribution is -2.43. The van der Waals surface area contributed by atoms with Gasteiger partial charge in [-0.2, -0.15) is 10.1 Å². The molecule has 0 saturated heterocycles. The highest BCUT2D eigenvalue weighted by atomic mass is 16.5. The minimum Gasteiger partial charge on any atom is -0.479 e. The maximum absolute atomic E-state index is 12.5. The van der Waals surface area contributed by atoms with E-state index in [-0.39, 0.29) is 11.9 Å². The van der Waals surface area contributed by atoms with Crippen LogP contribution in [0.3, 0.4) is 0 Å². The lowest BCUT2D eigenvalue weighted by atomic mass is 10.2. The average molecular weight is 273 g/mol. The van der Waals surface area contributed by atoms with E-state index in [2.05, 4.69) is 10.1 Å². The quantitative estimate of drug-likeness (QED) is 0.885. The Morgan fingerprint density at radius 3 is 2.95 bits per heavy atom. The predicted octanol–water partition coefficient (Wildman–Crippen LogP) is 1.09. The van der Waals surface area contributed by atoms with Crippen LogP contribution in [0.5, 0.6) is 5.88 Å². The number of aromatic nitrogens is 3. The summed E-state index contributed by atoms with van der Waals surface area (Å²) in [7, 11) is 1.50. The molecule has 3 rings (SSSR count). The summed E-state index contributed by atoms with van der Waals surface area (Å²) in [4.78, 5) is 18.4. The molecule has 0 spiro atoms. The largest absolute Gasteiger partial charge is 0.479 e. The summed E-state index contributed by atoms with van der Waals surface area (Å²) in [5.74, 6) is 0.724. The number of nitrogens with zero attached hydrogens (tertiary/aromatic N) is 4. The summed E-state index contributed by atoms with van der Waals surface area (Å²) in [5, 5.41) is 4.17. The molecule has 2 N–H and O–H groups in total. The zero-order valence-corrected chi connectivity index (χ0v) is 11.3. The molecule has 0 saturated carbocycles. The van der Waals surface area contributed by atoms with Crippen molar-refractivity contribution in [3.63, 3.8) is 0 Å². The first-order chi connectivity index (χ1) is 9.61. The lowest BCUT2D eigenvalue weighted by Gasteiger charge is -2.31. The Morgan fingerprint density at radius 1 is 1.40 bits per heavy atom. The van der Waals surface area contributed by atoms with Gasteiger partial charge in [-0.15, -0.1) is 0 Å². The van der Waals surface area contributed by atoms with Gasteiger partial charge in [-0.1, -0.05) is 0 Å². The van der Waals surface area contributed by atoms with Gasteiger partial charge in [0.15, 0.2) is 0 Å². The molecule has 2 aromatic heterocycles. The van der Waals surface area contributed by atoms with E-state index in [1.807, 2.05) is 6.92 Å². The number of amides is 1. The van der Waals surface area contributed by atoms with E-state index in [0.29, 0.717) is 29.6 Å². The molecular weight excluding hydrogens is 258 g/mol. The Hall–Kier alpha value is -2.57. The summed E-state index contributed by atoms with van der Waals surface area (Å²) in [6.45, 7) is 2.51. The van der Waals surface area contributed by atoms with E-state index in [9.17, 15) is 4.79 Å². The normalized spacial score (nSPS) is 18.0. The fourth-order valence-electron chi connectivity index (χ4n) is 2.35. The van der Waals surface area contributed by atoms with E-state index in [0.717, 1.165) is 0 Å². The zero-order valence-electron chi connectivity index (χ0n) is 11.3. The van der Waals surface area contributed by atoms with Crippen molar-refractivity contribution in [2.24, 2.45) is 0 Å². The molecule has 7 heteroatoms. The van der Waals surface area contributed by atoms with Crippen LogP contribution in [0, 0.1) is 0 Å². The minimum atomic E-state index is -0.125. The van der Waals surface area contributed by atoms with Crippen LogP contribution in [-0.2, 0) is 0 Å². The fraction of sp³-hybridized carbons (Fsp3) is 0.308. The zero-order chi connectivity index (χ0) is 14.3. The third kappa shape index (κ3) is 1.78. The molecular formula is C13H15N5O2. The molecule has 0 bridgehead atoms. The van der Waals surface area contributed by atoms with E-state index >= 15 is 0 Å². The Bertz CT molecular complexity index is 667. The van der Waals surface area contributed by atoms with Crippen molar-refractivity contribution in [1.29, 1.82) is 0 Å². The number of methoxy groups -OCH3 is 1. The second-order valence-electron chi connectivity index (χ2n) is 4.69. The van der Waals surface area contributed by atoms with E-state index in [4.69, 9.17) is 10.5 Å². The lowest BCUT2D eigenvalue weighted by molar-refractivity contribution is 0.0952. The van der Waals surface area contributed by atoms with Crippen LogP contribution in [0.4, 0.5) is 11.5 Å². The Labute approximate surface area is 116 Å². The molecule has 0 radical (unpaired) electrons. The van der Waals surface area contributed by atoms with E-state index < -0.39 is 0 Å². The molecule has 1 aliphatic rings. The van der Waals surface area contributed by atoms with Gasteiger partial charge in [0.25, 0.3) is 5.91 Å². The van der Waals surface area contributed by atoms with Crippen molar-refractivity contribution in [2.75, 3.05) is 24.3 Å². The molecule has 2 aromatic rings. The number of pyridine rings is 1. The van der Waals surface area contributed by atoms with Crippen molar-refractivity contribution < 1.29 is 9.53 Å². The highest BCUT2D eigenvalue weighted by molar-refractivity contribution is 6.05. The van der Waals surface area contributed by atoms with Crippen molar-refractivity contribution in [3.05, 3.63) is 30.1 Å². The van der Waals surface area contributed by atoms with Gasteiger partial charge < -0.3 is 10.5 Å². The van der Waals surface area contributed by atoms with Crippen molar-refractivity contribution in [1.82, 2.24) is 14.8 Å². The monoisotopic (exact) mass is 273 g/mol. The Balaban J connectivity index is 2.02. The standard InChI is InChI=1S/C13H15N5O2/c1-8-7-17(13(19)10-5-6-15-18(8)10)11-4-3-9(14)12(16-11)20-2/h3-6,8H,7,14H2,1-2H3/t8-/m0/s1. The van der Waals surface area contributed by atoms with Gasteiger partial charge in [-0.25, -0.2) is 0 Å². The Kier molecular flexibility index (Phi) is 2.81. The molecule has 0 aliphatic carbocycles. The molecule has 104 valence electrons. The molecule has 1 aliphatic heterocycles. The third-order valence-electron chi connectivity index (χ3n) is 3.34. The van der Waals surface area contributed by atoms with Crippen molar-refractivity contribution in [3.8, 4) is 5.88 Å². The topological polar surface area (TPSA) is 86.3 Å². The number of nitrogen functional groups attached to an aromatic ring is 1. The highest BCUT2D eigenvalue weighted by Crippen LogP contribution is 2.27. The van der Waals surface area contributed by atoms with Gasteiger partial charge in [-0.05, 0) is 25.1 Å². The van der Waals surface area contributed by atoms with Crippen LogP contribution in [-0.4, -0.2) is 34.3 Å². The predicted molar refractivity (Wildman–Crippen MR) is 73.8 cm³/mol. The van der Waals surface area contributed by atoms with Gasteiger partial charge in [0.2, 0.25) is 5.88 Å². The average Bonchev–Trinajstić information content (AvgIpc) is 2.94. The first kappa shape index (κ1) is 12.5. The number of rotatable bonds is 2. The summed E-state index contributed by atoms with van der Waals surface area (Å²) in [5.41, 5.74) is 6.75. The summed E-state index contributed by atoms with van der Waals surface area (Å²) in [6.07, 6.45) is 1.63. The second kappa shape index (κ2) is 4.52. The Morgan fingerprint density at radius 2 is 2.20 bits per heavy atom. The summed E-state index contributed by atoms with van der Waals surface area (Å²) >= 11 is 0. The van der Waals surface area contributed by atoms with E-state index in [1.54, 1.807) is 34.0 Å². The number of hydrogen-bond acceptors (Lipinski definition) is 5. The van der Waals surface area contributed by atoms with Crippen LogP contribution in [0.25, 0.3) is 0 Å². The minimum absolute atomic E-state index is 0.0862. The summed E-state index contributed by atoms with van der Waals surface area (Å²) in [6, 6.07) is 5.20. The molecule has 1 amide bonds. The van der Waals surface area contributed by atoms with Gasteiger partial charge in [0.1, 0.15) is 11.5 Å². The van der Waals surface area contributed by atoms with Gasteiger partial charge >= 0.3 is 0 Å². The molecule has 0 aromatic carbocycles.